The van der Waals surface area contributed by atoms with E-state index in [1.165, 1.54) is 6.07 Å². The Balaban J connectivity index is 2.12. The van der Waals surface area contributed by atoms with E-state index >= 15 is 0 Å². The van der Waals surface area contributed by atoms with Crippen LogP contribution < -0.4 is 10.2 Å². The van der Waals surface area contributed by atoms with E-state index in [1.54, 1.807) is 12.1 Å². The third-order valence-electron chi connectivity index (χ3n) is 3.37. The Kier molecular flexibility index (Phi) is 5.59. The van der Waals surface area contributed by atoms with Gasteiger partial charge >= 0.3 is 0 Å². The summed E-state index contributed by atoms with van der Waals surface area (Å²) in [6.45, 7) is 4.27. The van der Waals surface area contributed by atoms with Crippen molar-refractivity contribution in [3.8, 4) is 0 Å². The second-order valence-electron chi connectivity index (χ2n) is 5.01. The highest BCUT2D eigenvalue weighted by atomic mass is 35.5. The number of hydrogen-bond donors (Lipinski definition) is 1. The number of nitrogens with zero attached hydrogens (tertiary/aromatic N) is 1. The van der Waals surface area contributed by atoms with Crippen molar-refractivity contribution in [3.05, 3.63) is 64.4 Å². The Morgan fingerprint density at radius 2 is 1.95 bits per heavy atom. The molecule has 2 nitrogen and oxygen atoms in total. The van der Waals surface area contributed by atoms with Gasteiger partial charge in [-0.2, -0.15) is 0 Å². The van der Waals surface area contributed by atoms with Crippen LogP contribution in [0.5, 0.6) is 0 Å². The van der Waals surface area contributed by atoms with Crippen molar-refractivity contribution >= 4 is 17.3 Å². The molecule has 112 valence electrons. The topological polar surface area (TPSA) is 15.3 Å². The lowest BCUT2D eigenvalue weighted by atomic mass is 10.1. The zero-order valence-electron chi connectivity index (χ0n) is 12.4. The number of rotatable bonds is 6. The lowest BCUT2D eigenvalue weighted by molar-refractivity contribution is 0.608. The van der Waals surface area contributed by atoms with Crippen molar-refractivity contribution in [2.24, 2.45) is 0 Å². The quantitative estimate of drug-likeness (QED) is 0.859. The molecule has 2 aromatic rings. The number of halogens is 2. The normalized spacial score (nSPS) is 10.7. The molecular weight excluding hydrogens is 287 g/mol. The Labute approximate surface area is 130 Å². The molecule has 0 spiro atoms. The number of nitrogens with one attached hydrogen (secondary N) is 1. The van der Waals surface area contributed by atoms with Crippen LogP contribution in [0.25, 0.3) is 0 Å². The number of anilines is 1. The smallest absolute Gasteiger partial charge is 0.128 e. The third-order valence-corrected chi connectivity index (χ3v) is 3.67. The fourth-order valence-electron chi connectivity index (χ4n) is 2.21. The van der Waals surface area contributed by atoms with E-state index in [0.717, 1.165) is 24.3 Å². The van der Waals surface area contributed by atoms with Gasteiger partial charge in [-0.15, -0.1) is 0 Å². The predicted molar refractivity (Wildman–Crippen MR) is 87.3 cm³/mol. The van der Waals surface area contributed by atoms with Gasteiger partial charge in [0.25, 0.3) is 0 Å². The maximum Gasteiger partial charge on any atom is 0.128 e. The molecule has 0 aliphatic heterocycles. The van der Waals surface area contributed by atoms with Crippen molar-refractivity contribution in [1.29, 1.82) is 0 Å². The largest absolute Gasteiger partial charge is 0.369 e. The minimum absolute atomic E-state index is 0.191. The minimum Gasteiger partial charge on any atom is -0.369 e. The highest BCUT2D eigenvalue weighted by Gasteiger charge is 2.09. The molecular formula is C17H20ClFN2. The molecule has 0 aliphatic carbocycles. The highest BCUT2D eigenvalue weighted by molar-refractivity contribution is 6.33. The third kappa shape index (κ3) is 4.19. The van der Waals surface area contributed by atoms with Crippen molar-refractivity contribution in [3.63, 3.8) is 0 Å². The van der Waals surface area contributed by atoms with Crippen LogP contribution in [-0.4, -0.2) is 13.6 Å². The molecule has 0 heterocycles. The molecule has 0 aliphatic rings. The van der Waals surface area contributed by atoms with Crippen molar-refractivity contribution in [2.45, 2.75) is 20.0 Å². The average Bonchev–Trinajstić information content (AvgIpc) is 2.47. The minimum atomic E-state index is -0.191. The molecule has 4 heteroatoms. The molecule has 1 N–H and O–H groups in total. The predicted octanol–water partition coefficient (Wildman–Crippen LogP) is 4.23. The van der Waals surface area contributed by atoms with Crippen LogP contribution in [-0.2, 0) is 13.1 Å². The van der Waals surface area contributed by atoms with E-state index in [2.05, 4.69) is 12.2 Å². The summed E-state index contributed by atoms with van der Waals surface area (Å²) >= 11 is 6.35. The summed E-state index contributed by atoms with van der Waals surface area (Å²) in [5.74, 6) is -0.191. The second kappa shape index (κ2) is 7.43. The van der Waals surface area contributed by atoms with E-state index in [9.17, 15) is 4.39 Å². The van der Waals surface area contributed by atoms with Crippen molar-refractivity contribution in [2.75, 3.05) is 18.5 Å². The van der Waals surface area contributed by atoms with Gasteiger partial charge in [-0.1, -0.05) is 42.8 Å². The molecule has 21 heavy (non-hydrogen) atoms. The van der Waals surface area contributed by atoms with Crippen molar-refractivity contribution in [1.82, 2.24) is 5.32 Å². The Hall–Kier alpha value is -1.58. The zero-order chi connectivity index (χ0) is 15.2. The van der Waals surface area contributed by atoms with Crippen LogP contribution >= 0.6 is 11.6 Å². The molecule has 0 aromatic heterocycles. The van der Waals surface area contributed by atoms with Gasteiger partial charge in [0.05, 0.1) is 10.7 Å². The molecule has 0 fully saturated rings. The van der Waals surface area contributed by atoms with Crippen LogP contribution in [0.4, 0.5) is 10.1 Å². The van der Waals surface area contributed by atoms with Gasteiger partial charge in [0, 0.05) is 25.7 Å². The number of hydrogen-bond acceptors (Lipinski definition) is 2. The van der Waals surface area contributed by atoms with Gasteiger partial charge in [-0.25, -0.2) is 4.39 Å². The molecule has 2 aromatic carbocycles. The van der Waals surface area contributed by atoms with E-state index in [0.29, 0.717) is 17.1 Å². The summed E-state index contributed by atoms with van der Waals surface area (Å²) in [5, 5.41) is 3.95. The summed E-state index contributed by atoms with van der Waals surface area (Å²) in [7, 11) is 1.91. The van der Waals surface area contributed by atoms with Crippen LogP contribution in [0.2, 0.25) is 5.02 Å². The number of benzene rings is 2. The van der Waals surface area contributed by atoms with Crippen LogP contribution in [0.1, 0.15) is 18.1 Å². The van der Waals surface area contributed by atoms with E-state index in [1.807, 2.05) is 36.2 Å². The lowest BCUT2D eigenvalue weighted by Gasteiger charge is -2.21. The summed E-state index contributed by atoms with van der Waals surface area (Å²) in [5.41, 5.74) is 2.71. The molecule has 0 radical (unpaired) electrons. The van der Waals surface area contributed by atoms with Gasteiger partial charge < -0.3 is 10.2 Å². The highest BCUT2D eigenvalue weighted by Crippen LogP contribution is 2.27. The summed E-state index contributed by atoms with van der Waals surface area (Å²) in [6, 6.07) is 12.8. The Morgan fingerprint density at radius 1 is 1.19 bits per heavy atom. The maximum atomic E-state index is 13.7. The second-order valence-corrected chi connectivity index (χ2v) is 5.42. The van der Waals surface area contributed by atoms with Crippen LogP contribution in [0, 0.1) is 5.82 Å². The monoisotopic (exact) mass is 306 g/mol. The maximum absolute atomic E-state index is 13.7. The van der Waals surface area contributed by atoms with Gasteiger partial charge in [-0.05, 0) is 30.3 Å². The van der Waals surface area contributed by atoms with Gasteiger partial charge in [0.2, 0.25) is 0 Å². The van der Waals surface area contributed by atoms with Crippen LogP contribution in [0.3, 0.4) is 0 Å². The first-order valence-corrected chi connectivity index (χ1v) is 7.43. The van der Waals surface area contributed by atoms with Gasteiger partial charge in [-0.3, -0.25) is 0 Å². The summed E-state index contributed by atoms with van der Waals surface area (Å²) in [6.07, 6.45) is 0. The summed E-state index contributed by atoms with van der Waals surface area (Å²) < 4.78 is 13.7. The Morgan fingerprint density at radius 3 is 2.62 bits per heavy atom. The van der Waals surface area contributed by atoms with Gasteiger partial charge in [0.15, 0.2) is 0 Å². The molecule has 0 atom stereocenters. The molecule has 0 amide bonds. The van der Waals surface area contributed by atoms with Crippen molar-refractivity contribution < 1.29 is 4.39 Å². The lowest BCUT2D eigenvalue weighted by Crippen LogP contribution is -2.18. The molecule has 0 bridgehead atoms. The molecule has 0 saturated carbocycles. The van der Waals surface area contributed by atoms with E-state index < -0.39 is 0 Å². The standard InChI is InChI=1S/C17H20ClFN2/c1-3-20-11-13-8-9-17(15(18)10-13)21(2)12-14-6-4-5-7-16(14)19/h4-10,20H,3,11-12H2,1-2H3. The first-order chi connectivity index (χ1) is 10.1. The molecule has 2 rings (SSSR count). The first-order valence-electron chi connectivity index (χ1n) is 7.05. The molecule has 0 saturated heterocycles. The average molecular weight is 307 g/mol. The SMILES string of the molecule is CCNCc1ccc(N(C)Cc2ccccc2F)c(Cl)c1. The van der Waals surface area contributed by atoms with E-state index in [4.69, 9.17) is 11.6 Å². The fourth-order valence-corrected chi connectivity index (χ4v) is 2.55. The Bertz CT molecular complexity index is 601. The van der Waals surface area contributed by atoms with Crippen LogP contribution in [0.15, 0.2) is 42.5 Å². The van der Waals surface area contributed by atoms with Gasteiger partial charge in [0.1, 0.15) is 5.82 Å². The first kappa shape index (κ1) is 15.8. The van der Waals surface area contributed by atoms with E-state index in [-0.39, 0.29) is 5.82 Å². The fraction of sp³-hybridized carbons (Fsp3) is 0.294. The zero-order valence-corrected chi connectivity index (χ0v) is 13.1. The molecule has 0 unspecified atom stereocenters. The summed E-state index contributed by atoms with van der Waals surface area (Å²) in [4.78, 5) is 1.96.